The summed E-state index contributed by atoms with van der Waals surface area (Å²) in [6.45, 7) is 6.22. The summed E-state index contributed by atoms with van der Waals surface area (Å²) in [5, 5.41) is 2.89. The molecular weight excluding hydrogens is 288 g/mol. The van der Waals surface area contributed by atoms with Gasteiger partial charge in [-0.1, -0.05) is 45.0 Å². The van der Waals surface area contributed by atoms with Crippen LogP contribution in [0.15, 0.2) is 24.3 Å². The van der Waals surface area contributed by atoms with Gasteiger partial charge in [0.2, 0.25) is 11.8 Å². The molecule has 0 heterocycles. The molecule has 1 atom stereocenters. The summed E-state index contributed by atoms with van der Waals surface area (Å²) in [4.78, 5) is 26.1. The average molecular weight is 316 g/mol. The van der Waals surface area contributed by atoms with E-state index in [2.05, 4.69) is 23.5 Å². The largest absolute Gasteiger partial charge is 0.356 e. The molecule has 0 spiro atoms. The molecule has 0 saturated heterocycles. The summed E-state index contributed by atoms with van der Waals surface area (Å²) in [7, 11) is 1.89. The van der Waals surface area contributed by atoms with Gasteiger partial charge in [0.15, 0.2) is 0 Å². The molecule has 4 heteroatoms. The van der Waals surface area contributed by atoms with Crippen LogP contribution < -0.4 is 5.32 Å². The van der Waals surface area contributed by atoms with Crippen LogP contribution >= 0.6 is 0 Å². The van der Waals surface area contributed by atoms with Crippen molar-refractivity contribution >= 4 is 11.8 Å². The molecule has 0 aromatic heterocycles. The first-order valence-electron chi connectivity index (χ1n) is 8.42. The molecule has 2 amide bonds. The monoisotopic (exact) mass is 316 g/mol. The van der Waals surface area contributed by atoms with Gasteiger partial charge in [-0.3, -0.25) is 9.59 Å². The van der Waals surface area contributed by atoms with Gasteiger partial charge in [-0.15, -0.1) is 0 Å². The van der Waals surface area contributed by atoms with E-state index in [4.69, 9.17) is 0 Å². The third kappa shape index (κ3) is 4.34. The topological polar surface area (TPSA) is 49.4 Å². The van der Waals surface area contributed by atoms with E-state index >= 15 is 0 Å². The zero-order valence-electron chi connectivity index (χ0n) is 14.7. The van der Waals surface area contributed by atoms with Crippen molar-refractivity contribution in [3.63, 3.8) is 0 Å². The van der Waals surface area contributed by atoms with E-state index in [0.717, 1.165) is 12.8 Å². The van der Waals surface area contributed by atoms with Crippen LogP contribution in [0.1, 0.15) is 57.2 Å². The molecule has 23 heavy (non-hydrogen) atoms. The smallest absolute Gasteiger partial charge is 0.225 e. The first kappa shape index (κ1) is 17.5. The summed E-state index contributed by atoms with van der Waals surface area (Å²) in [6.07, 6.45) is 3.20. The van der Waals surface area contributed by atoms with Gasteiger partial charge < -0.3 is 10.2 Å². The Bertz CT molecular complexity index is 575. The zero-order chi connectivity index (χ0) is 17.0. The van der Waals surface area contributed by atoms with Gasteiger partial charge in [0.05, 0.1) is 6.04 Å². The molecular formula is C19H28N2O2. The Balaban J connectivity index is 1.79. The van der Waals surface area contributed by atoms with Crippen LogP contribution in [-0.4, -0.2) is 30.3 Å². The van der Waals surface area contributed by atoms with Crippen molar-refractivity contribution in [2.45, 2.75) is 52.5 Å². The van der Waals surface area contributed by atoms with Crippen LogP contribution in [0.4, 0.5) is 0 Å². The van der Waals surface area contributed by atoms with E-state index in [-0.39, 0.29) is 23.3 Å². The van der Waals surface area contributed by atoms with Crippen LogP contribution in [0.3, 0.4) is 0 Å². The Morgan fingerprint density at radius 1 is 1.26 bits per heavy atom. The van der Waals surface area contributed by atoms with Crippen molar-refractivity contribution in [1.29, 1.82) is 0 Å². The zero-order valence-corrected chi connectivity index (χ0v) is 14.7. The Morgan fingerprint density at radius 3 is 2.65 bits per heavy atom. The Kier molecular flexibility index (Phi) is 5.45. The summed E-state index contributed by atoms with van der Waals surface area (Å²) in [5.74, 6) is 0.180. The molecule has 0 fully saturated rings. The first-order chi connectivity index (χ1) is 10.8. The Hall–Kier alpha value is -1.84. The fourth-order valence-electron chi connectivity index (χ4n) is 2.99. The van der Waals surface area contributed by atoms with Crippen molar-refractivity contribution in [2.24, 2.45) is 5.41 Å². The highest BCUT2D eigenvalue weighted by atomic mass is 16.2. The minimum atomic E-state index is -0.381. The molecule has 1 aromatic carbocycles. The van der Waals surface area contributed by atoms with E-state index < -0.39 is 0 Å². The van der Waals surface area contributed by atoms with E-state index in [1.807, 2.05) is 38.8 Å². The predicted molar refractivity (Wildman–Crippen MR) is 92.0 cm³/mol. The minimum Gasteiger partial charge on any atom is -0.356 e. The first-order valence-corrected chi connectivity index (χ1v) is 8.42. The molecule has 1 unspecified atom stereocenters. The van der Waals surface area contributed by atoms with Crippen molar-refractivity contribution in [3.8, 4) is 0 Å². The Morgan fingerprint density at radius 2 is 1.96 bits per heavy atom. The summed E-state index contributed by atoms with van der Waals surface area (Å²) in [5.41, 5.74) is 2.26. The number of carbonyl (C=O) groups is 2. The molecule has 1 aliphatic rings. The highest BCUT2D eigenvalue weighted by molar-refractivity contribution is 5.81. The number of benzene rings is 1. The molecule has 4 nitrogen and oxygen atoms in total. The number of nitrogens with one attached hydrogen (secondary N) is 1. The van der Waals surface area contributed by atoms with E-state index in [1.165, 1.54) is 11.1 Å². The van der Waals surface area contributed by atoms with Crippen LogP contribution in [0, 0.1) is 5.41 Å². The maximum Gasteiger partial charge on any atom is 0.225 e. The molecule has 0 bridgehead atoms. The fraction of sp³-hybridized carbons (Fsp3) is 0.579. The number of fused-ring (bicyclic) bond motifs is 1. The quantitative estimate of drug-likeness (QED) is 0.849. The van der Waals surface area contributed by atoms with Crippen molar-refractivity contribution in [1.82, 2.24) is 10.2 Å². The molecule has 1 aromatic rings. The molecule has 0 radical (unpaired) electrons. The van der Waals surface area contributed by atoms with Crippen LogP contribution in [-0.2, 0) is 16.0 Å². The molecule has 1 aliphatic carbocycles. The third-order valence-electron chi connectivity index (χ3n) is 4.50. The van der Waals surface area contributed by atoms with Gasteiger partial charge in [0.1, 0.15) is 0 Å². The third-order valence-corrected chi connectivity index (χ3v) is 4.50. The van der Waals surface area contributed by atoms with E-state index in [1.54, 1.807) is 0 Å². The lowest BCUT2D eigenvalue weighted by atomic mass is 9.96. The number of nitrogens with zero attached hydrogens (tertiary/aromatic N) is 1. The van der Waals surface area contributed by atoms with Gasteiger partial charge >= 0.3 is 0 Å². The molecule has 2 rings (SSSR count). The fourth-order valence-corrected chi connectivity index (χ4v) is 2.99. The summed E-state index contributed by atoms with van der Waals surface area (Å²) >= 11 is 0. The van der Waals surface area contributed by atoms with Crippen LogP contribution in [0.2, 0.25) is 0 Å². The lowest BCUT2D eigenvalue weighted by Crippen LogP contribution is -2.36. The van der Waals surface area contributed by atoms with Crippen LogP contribution in [0.5, 0.6) is 0 Å². The minimum absolute atomic E-state index is 0.0306. The van der Waals surface area contributed by atoms with Gasteiger partial charge in [-0.25, -0.2) is 0 Å². The van der Waals surface area contributed by atoms with Crippen molar-refractivity contribution < 1.29 is 9.59 Å². The number of rotatable bonds is 5. The normalized spacial score (nSPS) is 16.8. The summed E-state index contributed by atoms with van der Waals surface area (Å²) < 4.78 is 0. The standard InChI is InChI=1S/C19H28N2O2/c1-19(2,3)18(23)20-13-7-10-17(22)21(4)16-12-11-14-8-5-6-9-15(14)16/h5-6,8-9,16H,7,10-13H2,1-4H3,(H,20,23). The number of amides is 2. The van der Waals surface area contributed by atoms with Crippen LogP contribution in [0.25, 0.3) is 0 Å². The lowest BCUT2D eigenvalue weighted by Gasteiger charge is -2.25. The molecule has 1 N–H and O–H groups in total. The van der Waals surface area contributed by atoms with Gasteiger partial charge in [0.25, 0.3) is 0 Å². The van der Waals surface area contributed by atoms with Gasteiger partial charge in [-0.05, 0) is 30.4 Å². The summed E-state index contributed by atoms with van der Waals surface area (Å²) in [6, 6.07) is 8.57. The van der Waals surface area contributed by atoms with E-state index in [9.17, 15) is 9.59 Å². The highest BCUT2D eigenvalue weighted by Gasteiger charge is 2.28. The van der Waals surface area contributed by atoms with Crippen molar-refractivity contribution in [3.05, 3.63) is 35.4 Å². The maximum atomic E-state index is 12.4. The lowest BCUT2D eigenvalue weighted by molar-refractivity contribution is -0.133. The second-order valence-electron chi connectivity index (χ2n) is 7.37. The number of hydrogen-bond acceptors (Lipinski definition) is 2. The SMILES string of the molecule is CN(C(=O)CCCNC(=O)C(C)(C)C)C1CCc2ccccc21. The maximum absolute atomic E-state index is 12.4. The van der Waals surface area contributed by atoms with Gasteiger partial charge in [0, 0.05) is 25.4 Å². The second-order valence-corrected chi connectivity index (χ2v) is 7.37. The van der Waals surface area contributed by atoms with Crippen molar-refractivity contribution in [2.75, 3.05) is 13.6 Å². The van der Waals surface area contributed by atoms with E-state index in [0.29, 0.717) is 19.4 Å². The average Bonchev–Trinajstić information content (AvgIpc) is 2.93. The number of hydrogen-bond donors (Lipinski definition) is 1. The Labute approximate surface area is 139 Å². The number of aryl methyl sites for hydroxylation is 1. The number of carbonyl (C=O) groups excluding carboxylic acids is 2. The molecule has 0 saturated carbocycles. The van der Waals surface area contributed by atoms with Gasteiger partial charge in [-0.2, -0.15) is 0 Å². The molecule has 126 valence electrons. The second kappa shape index (κ2) is 7.16. The predicted octanol–water partition coefficient (Wildman–Crippen LogP) is 3.07. The highest BCUT2D eigenvalue weighted by Crippen LogP contribution is 2.35. The molecule has 0 aliphatic heterocycles.